The van der Waals surface area contributed by atoms with Crippen LogP contribution < -0.4 is 5.32 Å². The summed E-state index contributed by atoms with van der Waals surface area (Å²) in [5, 5.41) is 2.91. The molecule has 0 atom stereocenters. The van der Waals surface area contributed by atoms with E-state index in [0.29, 0.717) is 0 Å². The molecule has 0 aliphatic rings. The van der Waals surface area contributed by atoms with Gasteiger partial charge >= 0.3 is 0 Å². The first-order valence-corrected chi connectivity index (χ1v) is 7.77. The van der Waals surface area contributed by atoms with Crippen molar-refractivity contribution in [2.75, 3.05) is 11.1 Å². The molecule has 0 aliphatic carbocycles. The summed E-state index contributed by atoms with van der Waals surface area (Å²) in [7, 11) is 0. The normalized spacial score (nSPS) is 10.2. The average Bonchev–Trinajstić information content (AvgIpc) is 2.42. The van der Waals surface area contributed by atoms with Crippen molar-refractivity contribution in [2.45, 2.75) is 11.8 Å². The number of hydrogen-bond acceptors (Lipinski definition) is 2. The van der Waals surface area contributed by atoms with Crippen LogP contribution in [0.4, 0.5) is 5.69 Å². The molecule has 1 amide bonds. The quantitative estimate of drug-likeness (QED) is 0.812. The Bertz CT molecular complexity index is 569. The number of carbonyl (C=O) groups excluding carboxylic acids is 1. The van der Waals surface area contributed by atoms with Crippen molar-refractivity contribution in [3.05, 3.63) is 58.6 Å². The van der Waals surface area contributed by atoms with Gasteiger partial charge in [-0.05, 0) is 42.2 Å². The van der Waals surface area contributed by atoms with Crippen LogP contribution in [0.5, 0.6) is 0 Å². The molecule has 0 fully saturated rings. The summed E-state index contributed by atoms with van der Waals surface area (Å²) in [4.78, 5) is 13.3. The van der Waals surface area contributed by atoms with Gasteiger partial charge in [-0.1, -0.05) is 35.0 Å². The van der Waals surface area contributed by atoms with Crippen molar-refractivity contribution >= 4 is 39.3 Å². The Kier molecular flexibility index (Phi) is 5.05. The number of thioether (sulfide) groups is 1. The Labute approximate surface area is 125 Å². The zero-order valence-corrected chi connectivity index (χ0v) is 12.9. The van der Waals surface area contributed by atoms with Crippen LogP contribution in [0.15, 0.2) is 57.9 Å². The summed E-state index contributed by atoms with van der Waals surface area (Å²) in [6, 6.07) is 15.2. The molecule has 2 aromatic rings. The number of anilines is 1. The predicted molar refractivity (Wildman–Crippen MR) is 84.9 cm³/mol. The lowest BCUT2D eigenvalue weighted by molar-refractivity contribution is 0.102. The molecule has 2 aromatic carbocycles. The zero-order chi connectivity index (χ0) is 13.7. The summed E-state index contributed by atoms with van der Waals surface area (Å²) in [6.45, 7) is 2.08. The predicted octanol–water partition coefficient (Wildman–Crippen LogP) is 4.81. The maximum Gasteiger partial charge on any atom is 0.256 e. The Morgan fingerprint density at radius 2 is 1.84 bits per heavy atom. The minimum absolute atomic E-state index is 0.0705. The van der Waals surface area contributed by atoms with Crippen molar-refractivity contribution in [1.82, 2.24) is 0 Å². The number of amides is 1. The van der Waals surface area contributed by atoms with Gasteiger partial charge < -0.3 is 5.32 Å². The van der Waals surface area contributed by atoms with Crippen molar-refractivity contribution in [3.63, 3.8) is 0 Å². The zero-order valence-electron chi connectivity index (χ0n) is 10.5. The maximum absolute atomic E-state index is 12.3. The lowest BCUT2D eigenvalue weighted by Gasteiger charge is -2.09. The van der Waals surface area contributed by atoms with Crippen molar-refractivity contribution in [1.29, 1.82) is 0 Å². The van der Waals surface area contributed by atoms with Crippen LogP contribution >= 0.6 is 27.7 Å². The molecular formula is C15H14BrNOS. The summed E-state index contributed by atoms with van der Waals surface area (Å²) >= 11 is 5.05. The van der Waals surface area contributed by atoms with E-state index in [1.165, 1.54) is 0 Å². The topological polar surface area (TPSA) is 29.1 Å². The Morgan fingerprint density at radius 1 is 1.16 bits per heavy atom. The number of rotatable bonds is 4. The number of halogens is 1. The van der Waals surface area contributed by atoms with E-state index < -0.39 is 0 Å². The first kappa shape index (κ1) is 14.2. The molecule has 19 heavy (non-hydrogen) atoms. The van der Waals surface area contributed by atoms with Crippen molar-refractivity contribution in [2.24, 2.45) is 0 Å². The number of hydrogen-bond donors (Lipinski definition) is 1. The third kappa shape index (κ3) is 3.85. The molecule has 0 unspecified atom stereocenters. The van der Waals surface area contributed by atoms with Gasteiger partial charge in [0.1, 0.15) is 0 Å². The van der Waals surface area contributed by atoms with E-state index >= 15 is 0 Å². The molecule has 0 saturated carbocycles. The number of carbonyl (C=O) groups is 1. The average molecular weight is 336 g/mol. The molecule has 1 N–H and O–H groups in total. The fourth-order valence-electron chi connectivity index (χ4n) is 1.67. The third-order valence-corrected chi connectivity index (χ3v) is 4.02. The highest BCUT2D eigenvalue weighted by Crippen LogP contribution is 2.23. The molecule has 98 valence electrons. The van der Waals surface area contributed by atoms with Crippen LogP contribution in [0.2, 0.25) is 0 Å². The summed E-state index contributed by atoms with van der Waals surface area (Å²) in [5.74, 6) is 0.877. The van der Waals surface area contributed by atoms with Gasteiger partial charge in [0.2, 0.25) is 0 Å². The Hall–Kier alpha value is -1.26. The van der Waals surface area contributed by atoms with Gasteiger partial charge in [-0.3, -0.25) is 4.79 Å². The second-order valence-electron chi connectivity index (χ2n) is 3.89. The molecule has 0 heterocycles. The molecule has 0 spiro atoms. The van der Waals surface area contributed by atoms with Gasteiger partial charge in [-0.25, -0.2) is 0 Å². The van der Waals surface area contributed by atoms with Crippen molar-refractivity contribution < 1.29 is 4.79 Å². The van der Waals surface area contributed by atoms with Crippen LogP contribution in [0.1, 0.15) is 17.3 Å². The Morgan fingerprint density at radius 3 is 2.53 bits per heavy atom. The lowest BCUT2D eigenvalue weighted by Crippen LogP contribution is -2.12. The van der Waals surface area contributed by atoms with Crippen LogP contribution in [0, 0.1) is 0 Å². The van der Waals surface area contributed by atoms with E-state index in [1.807, 2.05) is 48.5 Å². The first-order chi connectivity index (χ1) is 9.20. The molecule has 0 radical (unpaired) electrons. The van der Waals surface area contributed by atoms with Gasteiger partial charge in [0.05, 0.1) is 5.56 Å². The molecule has 0 aromatic heterocycles. The number of benzene rings is 2. The van der Waals surface area contributed by atoms with E-state index in [1.54, 1.807) is 11.8 Å². The van der Waals surface area contributed by atoms with Crippen LogP contribution in [0.25, 0.3) is 0 Å². The van der Waals surface area contributed by atoms with E-state index in [9.17, 15) is 4.79 Å². The minimum atomic E-state index is -0.0705. The SMILES string of the molecule is CCSc1ccccc1C(=O)Nc1ccc(Br)cc1. The standard InChI is InChI=1S/C15H14BrNOS/c1-2-19-14-6-4-3-5-13(14)15(18)17-12-9-7-11(16)8-10-12/h3-10H,2H2,1H3,(H,17,18). The maximum atomic E-state index is 12.3. The molecular weight excluding hydrogens is 322 g/mol. The highest BCUT2D eigenvalue weighted by atomic mass is 79.9. The van der Waals surface area contributed by atoms with Gasteiger partial charge in [0.15, 0.2) is 0 Å². The second kappa shape index (κ2) is 6.78. The minimum Gasteiger partial charge on any atom is -0.322 e. The molecule has 4 heteroatoms. The van der Waals surface area contributed by atoms with E-state index in [-0.39, 0.29) is 5.91 Å². The monoisotopic (exact) mass is 335 g/mol. The largest absolute Gasteiger partial charge is 0.322 e. The molecule has 0 aliphatic heterocycles. The lowest BCUT2D eigenvalue weighted by atomic mass is 10.2. The van der Waals surface area contributed by atoms with E-state index in [4.69, 9.17) is 0 Å². The number of nitrogens with one attached hydrogen (secondary N) is 1. The Balaban J connectivity index is 2.18. The van der Waals surface area contributed by atoms with Gasteiger partial charge in [0, 0.05) is 15.1 Å². The fourth-order valence-corrected chi connectivity index (χ4v) is 2.73. The van der Waals surface area contributed by atoms with Crippen LogP contribution in [0.3, 0.4) is 0 Å². The van der Waals surface area contributed by atoms with Crippen molar-refractivity contribution in [3.8, 4) is 0 Å². The molecule has 0 saturated heterocycles. The van der Waals surface area contributed by atoms with Crippen LogP contribution in [-0.2, 0) is 0 Å². The summed E-state index contributed by atoms with van der Waals surface area (Å²) in [5.41, 5.74) is 1.52. The summed E-state index contributed by atoms with van der Waals surface area (Å²) < 4.78 is 0.993. The highest BCUT2D eigenvalue weighted by molar-refractivity contribution is 9.10. The van der Waals surface area contributed by atoms with Crippen LogP contribution in [-0.4, -0.2) is 11.7 Å². The smallest absolute Gasteiger partial charge is 0.256 e. The van der Waals surface area contributed by atoms with Gasteiger partial charge in [-0.15, -0.1) is 11.8 Å². The third-order valence-electron chi connectivity index (χ3n) is 2.53. The molecule has 2 nitrogen and oxygen atoms in total. The fraction of sp³-hybridized carbons (Fsp3) is 0.133. The molecule has 0 bridgehead atoms. The summed E-state index contributed by atoms with van der Waals surface area (Å²) in [6.07, 6.45) is 0. The van der Waals surface area contributed by atoms with Gasteiger partial charge in [-0.2, -0.15) is 0 Å². The second-order valence-corrected chi connectivity index (χ2v) is 6.11. The van der Waals surface area contributed by atoms with Gasteiger partial charge in [0.25, 0.3) is 5.91 Å². The van der Waals surface area contributed by atoms with E-state index in [0.717, 1.165) is 26.4 Å². The molecule has 2 rings (SSSR count). The first-order valence-electron chi connectivity index (χ1n) is 5.99. The van der Waals surface area contributed by atoms with E-state index in [2.05, 4.69) is 28.2 Å². The highest BCUT2D eigenvalue weighted by Gasteiger charge is 2.10.